The predicted octanol–water partition coefficient (Wildman–Crippen LogP) is 4.17. The first-order chi connectivity index (χ1) is 19.2. The van der Waals surface area contributed by atoms with Crippen LogP contribution in [0.2, 0.25) is 0 Å². The summed E-state index contributed by atoms with van der Waals surface area (Å²) in [5.41, 5.74) is 1.94. The van der Waals surface area contributed by atoms with Gasteiger partial charge in [0, 0.05) is 32.0 Å². The van der Waals surface area contributed by atoms with Gasteiger partial charge in [-0.15, -0.1) is 0 Å². The molecule has 0 aromatic heterocycles. The highest BCUT2D eigenvalue weighted by Crippen LogP contribution is 2.30. The lowest BCUT2D eigenvalue weighted by Gasteiger charge is -2.32. The van der Waals surface area contributed by atoms with Crippen LogP contribution in [0.15, 0.2) is 89.8 Å². The van der Waals surface area contributed by atoms with Crippen LogP contribution >= 0.6 is 0 Å². The van der Waals surface area contributed by atoms with Crippen molar-refractivity contribution in [1.29, 1.82) is 0 Å². The third-order valence-corrected chi connectivity index (χ3v) is 8.97. The summed E-state index contributed by atoms with van der Waals surface area (Å²) in [7, 11) is -3.95. The number of carbonyl (C=O) groups is 3. The predicted molar refractivity (Wildman–Crippen MR) is 153 cm³/mol. The van der Waals surface area contributed by atoms with Gasteiger partial charge in [-0.2, -0.15) is 0 Å². The lowest BCUT2D eigenvalue weighted by atomic mass is 10.0. The number of amides is 3. The van der Waals surface area contributed by atoms with Crippen molar-refractivity contribution < 1.29 is 22.8 Å². The fourth-order valence-corrected chi connectivity index (χ4v) is 6.35. The molecule has 0 saturated heterocycles. The largest absolute Gasteiger partial charge is 0.352 e. The van der Waals surface area contributed by atoms with Crippen molar-refractivity contribution in [2.75, 3.05) is 6.54 Å². The number of benzene rings is 3. The SMILES string of the molecule is CC[C@@H](C)NC(=O)[C@@H](Cc1ccccc1)N(Cc1ccccc1)C(=O)CCCN1C(=O)c2ccccc2S1(=O)=O. The lowest BCUT2D eigenvalue weighted by Crippen LogP contribution is -2.52. The van der Waals surface area contributed by atoms with Crippen molar-refractivity contribution in [3.8, 4) is 0 Å². The Hall–Kier alpha value is -3.98. The van der Waals surface area contributed by atoms with Gasteiger partial charge >= 0.3 is 0 Å². The number of nitrogens with one attached hydrogen (secondary N) is 1. The minimum atomic E-state index is -3.95. The molecule has 8 nitrogen and oxygen atoms in total. The maximum absolute atomic E-state index is 13.8. The van der Waals surface area contributed by atoms with E-state index < -0.39 is 22.0 Å². The highest BCUT2D eigenvalue weighted by molar-refractivity contribution is 7.90. The number of sulfonamides is 1. The molecule has 1 aliphatic heterocycles. The Labute approximate surface area is 236 Å². The number of carbonyl (C=O) groups excluding carboxylic acids is 3. The molecule has 0 fully saturated rings. The van der Waals surface area contributed by atoms with Crippen LogP contribution in [-0.2, 0) is 32.6 Å². The van der Waals surface area contributed by atoms with Gasteiger partial charge in [0.05, 0.1) is 5.56 Å². The summed E-state index contributed by atoms with van der Waals surface area (Å²) < 4.78 is 26.7. The Morgan fingerprint density at radius 2 is 1.50 bits per heavy atom. The molecule has 0 unspecified atom stereocenters. The molecule has 0 aliphatic carbocycles. The maximum atomic E-state index is 13.8. The molecule has 2 atom stereocenters. The highest BCUT2D eigenvalue weighted by Gasteiger charge is 2.40. The molecule has 4 rings (SSSR count). The van der Waals surface area contributed by atoms with Crippen LogP contribution < -0.4 is 5.32 Å². The smallest absolute Gasteiger partial charge is 0.269 e. The summed E-state index contributed by atoms with van der Waals surface area (Å²) in [6, 6.07) is 24.3. The van der Waals surface area contributed by atoms with Crippen LogP contribution in [0.3, 0.4) is 0 Å². The minimum absolute atomic E-state index is 0.0123. The van der Waals surface area contributed by atoms with E-state index in [-0.39, 0.29) is 54.2 Å². The van der Waals surface area contributed by atoms with Crippen LogP contribution in [-0.4, -0.2) is 54.0 Å². The Morgan fingerprint density at radius 3 is 2.12 bits per heavy atom. The third kappa shape index (κ3) is 6.59. The number of hydrogen-bond donors (Lipinski definition) is 1. The van der Waals surface area contributed by atoms with E-state index >= 15 is 0 Å². The van der Waals surface area contributed by atoms with Gasteiger partial charge in [-0.05, 0) is 43.0 Å². The van der Waals surface area contributed by atoms with Crippen LogP contribution in [0.1, 0.15) is 54.6 Å². The average molecular weight is 562 g/mol. The number of rotatable bonds is 12. The zero-order chi connectivity index (χ0) is 28.7. The van der Waals surface area contributed by atoms with Crippen LogP contribution in [0.4, 0.5) is 0 Å². The minimum Gasteiger partial charge on any atom is -0.352 e. The molecule has 0 saturated carbocycles. The quantitative estimate of drug-likeness (QED) is 0.358. The molecular weight excluding hydrogens is 526 g/mol. The first-order valence-corrected chi connectivity index (χ1v) is 15.0. The molecule has 1 N–H and O–H groups in total. The second kappa shape index (κ2) is 12.9. The standard InChI is InChI=1S/C31H35N3O5S/c1-3-23(2)32-30(36)27(21-24-13-6-4-7-14-24)33(22-25-15-8-5-9-16-25)29(35)19-12-20-34-31(37)26-17-10-11-18-28(26)40(34,38)39/h4-11,13-18,23,27H,3,12,19-22H2,1-2H3,(H,32,36)/t23-,27-/m1/s1. The van der Waals surface area contributed by atoms with Gasteiger partial charge < -0.3 is 10.2 Å². The van der Waals surface area contributed by atoms with Gasteiger partial charge in [0.1, 0.15) is 10.9 Å². The molecule has 3 aromatic rings. The van der Waals surface area contributed by atoms with Gasteiger partial charge in [-0.3, -0.25) is 14.4 Å². The molecule has 40 heavy (non-hydrogen) atoms. The van der Waals surface area contributed by atoms with Crippen LogP contribution in [0, 0.1) is 0 Å². The summed E-state index contributed by atoms with van der Waals surface area (Å²) in [6.45, 7) is 4.00. The van der Waals surface area contributed by atoms with E-state index in [1.807, 2.05) is 74.5 Å². The topological polar surface area (TPSA) is 104 Å². The molecule has 1 heterocycles. The second-order valence-corrected chi connectivity index (χ2v) is 11.8. The number of nitrogens with zero attached hydrogens (tertiary/aromatic N) is 2. The fourth-order valence-electron chi connectivity index (χ4n) is 4.74. The number of fused-ring (bicyclic) bond motifs is 1. The van der Waals surface area contributed by atoms with Crippen molar-refractivity contribution in [3.05, 3.63) is 102 Å². The Bertz CT molecular complexity index is 1440. The zero-order valence-electron chi connectivity index (χ0n) is 22.8. The van der Waals surface area contributed by atoms with E-state index in [0.29, 0.717) is 6.42 Å². The molecule has 0 radical (unpaired) electrons. The molecule has 210 valence electrons. The van der Waals surface area contributed by atoms with E-state index in [1.54, 1.807) is 17.0 Å². The van der Waals surface area contributed by atoms with Crippen molar-refractivity contribution in [3.63, 3.8) is 0 Å². The van der Waals surface area contributed by atoms with Crippen molar-refractivity contribution in [1.82, 2.24) is 14.5 Å². The highest BCUT2D eigenvalue weighted by atomic mass is 32.2. The van der Waals surface area contributed by atoms with E-state index in [0.717, 1.165) is 21.9 Å². The maximum Gasteiger partial charge on any atom is 0.269 e. The zero-order valence-corrected chi connectivity index (χ0v) is 23.6. The normalized spacial score (nSPS) is 15.2. The third-order valence-electron chi connectivity index (χ3n) is 7.13. The summed E-state index contributed by atoms with van der Waals surface area (Å²) in [4.78, 5) is 41.7. The van der Waals surface area contributed by atoms with E-state index in [4.69, 9.17) is 0 Å². The van der Waals surface area contributed by atoms with Crippen molar-refractivity contribution >= 4 is 27.7 Å². The molecule has 0 bridgehead atoms. The molecule has 1 aliphatic rings. The Morgan fingerprint density at radius 1 is 0.900 bits per heavy atom. The van der Waals surface area contributed by atoms with E-state index in [2.05, 4.69) is 5.32 Å². The number of hydrogen-bond acceptors (Lipinski definition) is 5. The summed E-state index contributed by atoms with van der Waals surface area (Å²) >= 11 is 0. The van der Waals surface area contributed by atoms with Gasteiger partial charge in [-0.25, -0.2) is 12.7 Å². The summed E-state index contributed by atoms with van der Waals surface area (Å²) in [5.74, 6) is -1.11. The lowest BCUT2D eigenvalue weighted by molar-refractivity contribution is -0.141. The van der Waals surface area contributed by atoms with Gasteiger partial charge in [0.15, 0.2) is 0 Å². The summed E-state index contributed by atoms with van der Waals surface area (Å²) in [5, 5.41) is 3.03. The average Bonchev–Trinajstić information content (AvgIpc) is 3.16. The molecule has 3 amide bonds. The molecule has 0 spiro atoms. The Balaban J connectivity index is 1.55. The molecule has 9 heteroatoms. The second-order valence-electron chi connectivity index (χ2n) is 10.0. The fraction of sp³-hybridized carbons (Fsp3) is 0.323. The first kappa shape index (κ1) is 29.0. The monoisotopic (exact) mass is 561 g/mol. The first-order valence-electron chi connectivity index (χ1n) is 13.6. The van der Waals surface area contributed by atoms with Gasteiger partial charge in [-0.1, -0.05) is 79.7 Å². The van der Waals surface area contributed by atoms with E-state index in [9.17, 15) is 22.8 Å². The molecular formula is C31H35N3O5S. The Kier molecular flexibility index (Phi) is 9.37. The van der Waals surface area contributed by atoms with Crippen LogP contribution in [0.5, 0.6) is 0 Å². The molecule has 3 aromatic carbocycles. The summed E-state index contributed by atoms with van der Waals surface area (Å²) in [6.07, 6.45) is 1.19. The van der Waals surface area contributed by atoms with E-state index in [1.165, 1.54) is 12.1 Å². The van der Waals surface area contributed by atoms with Crippen molar-refractivity contribution in [2.24, 2.45) is 0 Å². The van der Waals surface area contributed by atoms with Gasteiger partial charge in [0.25, 0.3) is 15.9 Å². The van der Waals surface area contributed by atoms with Crippen molar-refractivity contribution in [2.45, 2.75) is 63.1 Å². The van der Waals surface area contributed by atoms with Crippen LogP contribution in [0.25, 0.3) is 0 Å². The van der Waals surface area contributed by atoms with Gasteiger partial charge in [0.2, 0.25) is 11.8 Å².